The molecule has 0 aliphatic carbocycles. The van der Waals surface area contributed by atoms with Gasteiger partial charge in [0.1, 0.15) is 11.6 Å². The third kappa shape index (κ3) is 4.23. The Bertz CT molecular complexity index is 1110. The number of benzene rings is 1. The zero-order valence-electron chi connectivity index (χ0n) is 17.9. The minimum atomic E-state index is -0.0657. The van der Waals surface area contributed by atoms with Gasteiger partial charge >= 0.3 is 0 Å². The van der Waals surface area contributed by atoms with Crippen LogP contribution in [-0.4, -0.2) is 34.5 Å². The van der Waals surface area contributed by atoms with Crippen LogP contribution < -0.4 is 16.2 Å². The molecule has 0 bridgehead atoms. The Morgan fingerprint density at radius 2 is 1.90 bits per heavy atom. The van der Waals surface area contributed by atoms with Gasteiger partial charge in [0.25, 0.3) is 5.56 Å². The van der Waals surface area contributed by atoms with E-state index in [0.717, 1.165) is 60.4 Å². The largest absolute Gasteiger partial charge is 0.444 e. The van der Waals surface area contributed by atoms with Gasteiger partial charge < -0.3 is 20.0 Å². The van der Waals surface area contributed by atoms with Gasteiger partial charge in [0.2, 0.25) is 0 Å². The van der Waals surface area contributed by atoms with Crippen molar-refractivity contribution in [3.05, 3.63) is 63.8 Å². The first-order chi connectivity index (χ1) is 15.0. The van der Waals surface area contributed by atoms with Gasteiger partial charge in [-0.25, -0.2) is 4.98 Å². The normalized spacial score (nSPS) is 17.6. The monoisotopic (exact) mass is 419 g/mol. The summed E-state index contributed by atoms with van der Waals surface area (Å²) in [5.74, 6) is 3.31. The molecule has 2 aliphatic heterocycles. The molecule has 0 amide bonds. The number of aromatic amines is 1. The molecule has 0 saturated carbocycles. The van der Waals surface area contributed by atoms with E-state index in [1.807, 2.05) is 24.3 Å². The summed E-state index contributed by atoms with van der Waals surface area (Å²) in [6.07, 6.45) is 3.18. The quantitative estimate of drug-likeness (QED) is 0.630. The molecular weight excluding hydrogens is 390 g/mol. The van der Waals surface area contributed by atoms with Crippen molar-refractivity contribution < 1.29 is 4.42 Å². The molecule has 2 aromatic heterocycles. The van der Waals surface area contributed by atoms with Crippen molar-refractivity contribution in [3.8, 4) is 11.4 Å². The number of aromatic nitrogens is 2. The maximum atomic E-state index is 12.8. The summed E-state index contributed by atoms with van der Waals surface area (Å²) in [6, 6.07) is 11.5. The number of hydrogen-bond acceptors (Lipinski definition) is 6. The molecule has 0 spiro atoms. The van der Waals surface area contributed by atoms with Crippen molar-refractivity contribution in [2.75, 3.05) is 30.3 Å². The highest BCUT2D eigenvalue weighted by Gasteiger charge is 2.23. The first kappa shape index (κ1) is 19.9. The smallest absolute Gasteiger partial charge is 0.255 e. The Kier molecular flexibility index (Phi) is 5.28. The average molecular weight is 420 g/mol. The molecular formula is C24H29N5O2. The highest BCUT2D eigenvalue weighted by Crippen LogP contribution is 2.26. The van der Waals surface area contributed by atoms with Crippen LogP contribution in [0.4, 0.5) is 11.6 Å². The fourth-order valence-corrected chi connectivity index (χ4v) is 4.46. The molecule has 0 atom stereocenters. The average Bonchev–Trinajstić information content (AvgIpc) is 3.23. The maximum absolute atomic E-state index is 12.8. The lowest BCUT2D eigenvalue weighted by atomic mass is 9.99. The van der Waals surface area contributed by atoms with Gasteiger partial charge in [0.05, 0.1) is 17.8 Å². The lowest BCUT2D eigenvalue weighted by Crippen LogP contribution is -2.35. The van der Waals surface area contributed by atoms with E-state index in [4.69, 9.17) is 15.1 Å². The van der Waals surface area contributed by atoms with Crippen molar-refractivity contribution in [1.29, 1.82) is 0 Å². The van der Waals surface area contributed by atoms with Crippen molar-refractivity contribution >= 4 is 11.6 Å². The van der Waals surface area contributed by atoms with E-state index >= 15 is 0 Å². The van der Waals surface area contributed by atoms with Crippen LogP contribution in [0.3, 0.4) is 0 Å². The van der Waals surface area contributed by atoms with E-state index in [9.17, 15) is 4.79 Å². The van der Waals surface area contributed by atoms with Gasteiger partial charge in [-0.05, 0) is 49.1 Å². The van der Waals surface area contributed by atoms with Crippen LogP contribution in [-0.2, 0) is 19.5 Å². The van der Waals surface area contributed by atoms with Crippen molar-refractivity contribution in [1.82, 2.24) is 14.9 Å². The van der Waals surface area contributed by atoms with Crippen LogP contribution in [0.1, 0.15) is 36.8 Å². The molecule has 1 aromatic carbocycles. The fourth-order valence-electron chi connectivity index (χ4n) is 4.46. The molecule has 2 aliphatic rings. The molecule has 3 N–H and O–H groups in total. The van der Waals surface area contributed by atoms with Gasteiger partial charge in [-0.1, -0.05) is 6.92 Å². The lowest BCUT2D eigenvalue weighted by Gasteiger charge is -2.30. The number of anilines is 2. The standard InChI is InChI=1S/C24H29N5O2/c1-16-8-12-29(13-9-16)22-7-6-19(31-22)14-28-11-10-21-20(15-28)24(30)27-23(26-21)17-2-4-18(25)5-3-17/h2-7,16H,8-15,25H2,1H3,(H,26,27,30). The van der Waals surface area contributed by atoms with E-state index in [1.54, 1.807) is 0 Å². The number of nitrogens with one attached hydrogen (secondary N) is 1. The second kappa shape index (κ2) is 8.23. The molecule has 1 saturated heterocycles. The van der Waals surface area contributed by atoms with E-state index in [0.29, 0.717) is 24.6 Å². The maximum Gasteiger partial charge on any atom is 0.255 e. The van der Waals surface area contributed by atoms with Crippen LogP contribution in [0.25, 0.3) is 11.4 Å². The number of furan rings is 1. The predicted octanol–water partition coefficient (Wildman–Crippen LogP) is 3.41. The molecule has 1 fully saturated rings. The minimum Gasteiger partial charge on any atom is -0.444 e. The number of piperidine rings is 1. The number of nitrogens with zero attached hydrogens (tertiary/aromatic N) is 3. The first-order valence-electron chi connectivity index (χ1n) is 11.1. The number of hydrogen-bond donors (Lipinski definition) is 2. The third-order valence-electron chi connectivity index (χ3n) is 6.45. The summed E-state index contributed by atoms with van der Waals surface area (Å²) in [5, 5.41) is 0. The molecule has 0 radical (unpaired) electrons. The lowest BCUT2D eigenvalue weighted by molar-refractivity contribution is 0.222. The predicted molar refractivity (Wildman–Crippen MR) is 122 cm³/mol. The van der Waals surface area contributed by atoms with Gasteiger partial charge in [-0.3, -0.25) is 9.69 Å². The summed E-state index contributed by atoms with van der Waals surface area (Å²) < 4.78 is 6.14. The summed E-state index contributed by atoms with van der Waals surface area (Å²) in [6.45, 7) is 6.56. The highest BCUT2D eigenvalue weighted by molar-refractivity contribution is 5.58. The molecule has 3 aromatic rings. The minimum absolute atomic E-state index is 0.0657. The summed E-state index contributed by atoms with van der Waals surface area (Å²) in [4.78, 5) is 25.0. The molecule has 5 rings (SSSR count). The SMILES string of the molecule is CC1CCN(c2ccc(CN3CCc4nc(-c5ccc(N)cc5)[nH]c(=O)c4C3)o2)CC1. The summed E-state index contributed by atoms with van der Waals surface area (Å²) in [5.41, 5.74) is 8.89. The topological polar surface area (TPSA) is 91.4 Å². The fraction of sp³-hybridized carbons (Fsp3) is 0.417. The van der Waals surface area contributed by atoms with Crippen LogP contribution in [0.15, 0.2) is 45.6 Å². The zero-order valence-corrected chi connectivity index (χ0v) is 17.9. The van der Waals surface area contributed by atoms with Crippen LogP contribution in [0.5, 0.6) is 0 Å². The zero-order chi connectivity index (χ0) is 21.4. The second-order valence-corrected chi connectivity index (χ2v) is 8.83. The van der Waals surface area contributed by atoms with Gasteiger partial charge in [-0.2, -0.15) is 0 Å². The van der Waals surface area contributed by atoms with Crippen LogP contribution in [0.2, 0.25) is 0 Å². The first-order valence-corrected chi connectivity index (χ1v) is 11.1. The number of rotatable bonds is 4. The molecule has 162 valence electrons. The Labute approximate surface area is 181 Å². The second-order valence-electron chi connectivity index (χ2n) is 8.83. The number of nitrogens with two attached hydrogens (primary N) is 1. The van der Waals surface area contributed by atoms with Gasteiger partial charge in [-0.15, -0.1) is 0 Å². The Morgan fingerprint density at radius 1 is 1.13 bits per heavy atom. The van der Waals surface area contributed by atoms with Crippen molar-refractivity contribution in [2.45, 2.75) is 39.3 Å². The van der Waals surface area contributed by atoms with Crippen LogP contribution in [0, 0.1) is 5.92 Å². The van der Waals surface area contributed by atoms with E-state index < -0.39 is 0 Å². The summed E-state index contributed by atoms with van der Waals surface area (Å²) in [7, 11) is 0. The molecule has 7 nitrogen and oxygen atoms in total. The molecule has 4 heterocycles. The van der Waals surface area contributed by atoms with Gasteiger partial charge in [0, 0.05) is 49.9 Å². The molecule has 7 heteroatoms. The van der Waals surface area contributed by atoms with Crippen molar-refractivity contribution in [3.63, 3.8) is 0 Å². The highest BCUT2D eigenvalue weighted by atomic mass is 16.4. The van der Waals surface area contributed by atoms with Crippen molar-refractivity contribution in [2.24, 2.45) is 5.92 Å². The number of nitrogen functional groups attached to an aromatic ring is 1. The van der Waals surface area contributed by atoms with E-state index in [1.165, 1.54) is 12.8 Å². The number of fused-ring (bicyclic) bond motifs is 1. The number of H-pyrrole nitrogens is 1. The van der Waals surface area contributed by atoms with E-state index in [2.05, 4.69) is 33.8 Å². The Morgan fingerprint density at radius 3 is 2.68 bits per heavy atom. The third-order valence-corrected chi connectivity index (χ3v) is 6.45. The van der Waals surface area contributed by atoms with Gasteiger partial charge in [0.15, 0.2) is 5.88 Å². The molecule has 0 unspecified atom stereocenters. The molecule has 31 heavy (non-hydrogen) atoms. The van der Waals surface area contributed by atoms with E-state index in [-0.39, 0.29) is 5.56 Å². The Balaban J connectivity index is 1.28. The Hall–Kier alpha value is -3.06. The van der Waals surface area contributed by atoms with Crippen LogP contribution >= 0.6 is 0 Å². The summed E-state index contributed by atoms with van der Waals surface area (Å²) >= 11 is 0.